The standard InChI is InChI=1S/C19H21NO3S/c1-13-3-5-14(6-4-13)18(15-7-8-15)20-19(21)16-9-11-17(12-10-16)24(2,22)23/h3-6,9-12,15,18H,7-8H2,1-2H3,(H,20,21)/t18-/m1/s1. The molecule has 2 aromatic carbocycles. The van der Waals surface area contributed by atoms with Crippen LogP contribution in [0.3, 0.4) is 0 Å². The molecule has 1 saturated carbocycles. The van der Waals surface area contributed by atoms with Gasteiger partial charge in [-0.15, -0.1) is 0 Å². The smallest absolute Gasteiger partial charge is 0.251 e. The Hall–Kier alpha value is -2.14. The lowest BCUT2D eigenvalue weighted by Crippen LogP contribution is -2.29. The fraction of sp³-hybridized carbons (Fsp3) is 0.316. The highest BCUT2D eigenvalue weighted by molar-refractivity contribution is 7.90. The number of hydrogen-bond acceptors (Lipinski definition) is 3. The predicted molar refractivity (Wildman–Crippen MR) is 93.7 cm³/mol. The number of sulfone groups is 1. The van der Waals surface area contributed by atoms with E-state index in [2.05, 4.69) is 29.6 Å². The number of carbonyl (C=O) groups is 1. The van der Waals surface area contributed by atoms with Crippen molar-refractivity contribution >= 4 is 15.7 Å². The Morgan fingerprint density at radius 3 is 2.12 bits per heavy atom. The van der Waals surface area contributed by atoms with E-state index in [0.717, 1.165) is 24.7 Å². The van der Waals surface area contributed by atoms with Crippen LogP contribution in [0.5, 0.6) is 0 Å². The van der Waals surface area contributed by atoms with Crippen LogP contribution in [0.1, 0.15) is 40.4 Å². The van der Waals surface area contributed by atoms with Gasteiger partial charge < -0.3 is 5.32 Å². The summed E-state index contributed by atoms with van der Waals surface area (Å²) in [5, 5.41) is 3.10. The van der Waals surface area contributed by atoms with E-state index in [9.17, 15) is 13.2 Å². The van der Waals surface area contributed by atoms with E-state index in [4.69, 9.17) is 0 Å². The van der Waals surface area contributed by atoms with Crippen molar-refractivity contribution in [2.24, 2.45) is 5.92 Å². The zero-order chi connectivity index (χ0) is 17.3. The number of benzene rings is 2. The fourth-order valence-electron chi connectivity index (χ4n) is 2.75. The van der Waals surface area contributed by atoms with E-state index in [-0.39, 0.29) is 16.8 Å². The predicted octanol–water partition coefficient (Wildman–Crippen LogP) is 3.28. The van der Waals surface area contributed by atoms with Crippen LogP contribution in [0.4, 0.5) is 0 Å². The molecule has 5 heteroatoms. The first-order chi connectivity index (χ1) is 11.3. The Balaban J connectivity index is 1.78. The molecule has 1 aliphatic carbocycles. The number of rotatable bonds is 5. The highest BCUT2D eigenvalue weighted by Crippen LogP contribution is 2.41. The van der Waals surface area contributed by atoms with Gasteiger partial charge in [-0.3, -0.25) is 4.79 Å². The molecule has 1 N–H and O–H groups in total. The minimum Gasteiger partial charge on any atom is -0.345 e. The van der Waals surface area contributed by atoms with Gasteiger partial charge in [0, 0.05) is 11.8 Å². The van der Waals surface area contributed by atoms with Crippen LogP contribution in [-0.2, 0) is 9.84 Å². The molecule has 2 aromatic rings. The van der Waals surface area contributed by atoms with Gasteiger partial charge >= 0.3 is 0 Å². The first-order valence-corrected chi connectivity index (χ1v) is 9.91. The second-order valence-electron chi connectivity index (χ2n) is 6.50. The van der Waals surface area contributed by atoms with E-state index in [1.807, 2.05) is 6.92 Å². The van der Waals surface area contributed by atoms with E-state index in [1.165, 1.54) is 17.7 Å². The van der Waals surface area contributed by atoms with Gasteiger partial charge in [-0.1, -0.05) is 29.8 Å². The van der Waals surface area contributed by atoms with Gasteiger partial charge in [-0.05, 0) is 55.5 Å². The van der Waals surface area contributed by atoms with Crippen molar-refractivity contribution in [1.82, 2.24) is 5.32 Å². The summed E-state index contributed by atoms with van der Waals surface area (Å²) in [6.45, 7) is 2.04. The maximum atomic E-state index is 12.5. The molecule has 0 radical (unpaired) electrons. The Bertz CT molecular complexity index is 835. The number of nitrogens with one attached hydrogen (secondary N) is 1. The normalized spacial score (nSPS) is 15.8. The van der Waals surface area contributed by atoms with Gasteiger partial charge in [0.05, 0.1) is 10.9 Å². The Morgan fingerprint density at radius 1 is 1.04 bits per heavy atom. The molecule has 1 fully saturated rings. The molecule has 1 atom stereocenters. The molecular formula is C19H21NO3S. The van der Waals surface area contributed by atoms with Gasteiger partial charge in [-0.2, -0.15) is 0 Å². The monoisotopic (exact) mass is 343 g/mol. The third kappa shape index (κ3) is 3.85. The quantitative estimate of drug-likeness (QED) is 0.906. The minimum atomic E-state index is -3.25. The lowest BCUT2D eigenvalue weighted by atomic mass is 10.0. The van der Waals surface area contributed by atoms with Crippen LogP contribution < -0.4 is 5.32 Å². The van der Waals surface area contributed by atoms with Crippen LogP contribution in [-0.4, -0.2) is 20.6 Å². The van der Waals surface area contributed by atoms with Crippen molar-refractivity contribution in [3.05, 3.63) is 65.2 Å². The second kappa shape index (κ2) is 6.40. The second-order valence-corrected chi connectivity index (χ2v) is 8.51. The van der Waals surface area contributed by atoms with Gasteiger partial charge in [0.1, 0.15) is 0 Å². The molecule has 24 heavy (non-hydrogen) atoms. The summed E-state index contributed by atoms with van der Waals surface area (Å²) in [4.78, 5) is 12.7. The van der Waals surface area contributed by atoms with Gasteiger partial charge in [0.15, 0.2) is 9.84 Å². The molecule has 0 aliphatic heterocycles. The third-order valence-corrected chi connectivity index (χ3v) is 5.49. The fourth-order valence-corrected chi connectivity index (χ4v) is 3.39. The molecule has 4 nitrogen and oxygen atoms in total. The third-order valence-electron chi connectivity index (χ3n) is 4.36. The maximum Gasteiger partial charge on any atom is 0.251 e. The van der Waals surface area contributed by atoms with Gasteiger partial charge in [-0.25, -0.2) is 8.42 Å². The molecule has 0 bridgehead atoms. The number of amides is 1. The van der Waals surface area contributed by atoms with E-state index < -0.39 is 9.84 Å². The van der Waals surface area contributed by atoms with E-state index in [1.54, 1.807) is 12.1 Å². The molecule has 126 valence electrons. The summed E-state index contributed by atoms with van der Waals surface area (Å²) in [5.74, 6) is 0.305. The topological polar surface area (TPSA) is 63.2 Å². The van der Waals surface area contributed by atoms with Crippen molar-refractivity contribution in [1.29, 1.82) is 0 Å². The summed E-state index contributed by atoms with van der Waals surface area (Å²) < 4.78 is 23.0. The summed E-state index contributed by atoms with van der Waals surface area (Å²) in [5.41, 5.74) is 2.78. The van der Waals surface area contributed by atoms with Crippen molar-refractivity contribution < 1.29 is 13.2 Å². The van der Waals surface area contributed by atoms with Crippen molar-refractivity contribution in [2.75, 3.05) is 6.26 Å². The Morgan fingerprint density at radius 2 is 1.62 bits per heavy atom. The van der Waals surface area contributed by atoms with Crippen LogP contribution in [0.25, 0.3) is 0 Å². The molecule has 0 heterocycles. The summed E-state index contributed by atoms with van der Waals surface area (Å²) >= 11 is 0. The molecule has 1 aliphatic rings. The molecular weight excluding hydrogens is 322 g/mol. The van der Waals surface area contributed by atoms with E-state index in [0.29, 0.717) is 11.5 Å². The summed E-state index contributed by atoms with van der Waals surface area (Å²) in [6, 6.07) is 14.3. The Labute approximate surface area is 142 Å². The number of hydrogen-bond donors (Lipinski definition) is 1. The Kier molecular flexibility index (Phi) is 4.45. The summed E-state index contributed by atoms with van der Waals surface area (Å²) in [6.07, 6.45) is 3.39. The number of aryl methyl sites for hydroxylation is 1. The molecule has 0 unspecified atom stereocenters. The first-order valence-electron chi connectivity index (χ1n) is 8.02. The van der Waals surface area contributed by atoms with Crippen LogP contribution in [0, 0.1) is 12.8 Å². The molecule has 0 spiro atoms. The van der Waals surface area contributed by atoms with Gasteiger partial charge in [0.2, 0.25) is 0 Å². The maximum absolute atomic E-state index is 12.5. The molecule has 3 rings (SSSR count). The average molecular weight is 343 g/mol. The largest absolute Gasteiger partial charge is 0.345 e. The van der Waals surface area contributed by atoms with Crippen LogP contribution in [0.15, 0.2) is 53.4 Å². The van der Waals surface area contributed by atoms with Crippen molar-refractivity contribution in [2.45, 2.75) is 30.7 Å². The molecule has 1 amide bonds. The lowest BCUT2D eigenvalue weighted by molar-refractivity contribution is 0.0931. The average Bonchev–Trinajstić information content (AvgIpc) is 3.37. The van der Waals surface area contributed by atoms with Crippen LogP contribution in [0.2, 0.25) is 0 Å². The summed E-state index contributed by atoms with van der Waals surface area (Å²) in [7, 11) is -3.25. The van der Waals surface area contributed by atoms with E-state index >= 15 is 0 Å². The van der Waals surface area contributed by atoms with Crippen molar-refractivity contribution in [3.8, 4) is 0 Å². The van der Waals surface area contributed by atoms with Crippen molar-refractivity contribution in [3.63, 3.8) is 0 Å². The van der Waals surface area contributed by atoms with Crippen LogP contribution >= 0.6 is 0 Å². The van der Waals surface area contributed by atoms with Gasteiger partial charge in [0.25, 0.3) is 5.91 Å². The number of carbonyl (C=O) groups excluding carboxylic acids is 1. The highest BCUT2D eigenvalue weighted by Gasteiger charge is 2.33. The first kappa shape index (κ1) is 16.7. The molecule has 0 aromatic heterocycles. The zero-order valence-electron chi connectivity index (χ0n) is 13.8. The SMILES string of the molecule is Cc1ccc([C@@H](NC(=O)c2ccc(S(C)(=O)=O)cc2)C2CC2)cc1. The molecule has 0 saturated heterocycles. The lowest BCUT2D eigenvalue weighted by Gasteiger charge is -2.19. The zero-order valence-corrected chi connectivity index (χ0v) is 14.6. The highest BCUT2D eigenvalue weighted by atomic mass is 32.2. The minimum absolute atomic E-state index is 0.00712.